The molecule has 0 fully saturated rings. The van der Waals surface area contributed by atoms with E-state index in [9.17, 15) is 4.79 Å². The fraction of sp³-hybridized carbons (Fsp3) is 0.412. The summed E-state index contributed by atoms with van der Waals surface area (Å²) in [6.45, 7) is 4.34. The minimum atomic E-state index is -0.481. The summed E-state index contributed by atoms with van der Waals surface area (Å²) in [6, 6.07) is 3.70. The Bertz CT molecular complexity index is 846. The van der Waals surface area contributed by atoms with Gasteiger partial charge in [0.25, 0.3) is 5.91 Å². The largest absolute Gasteiger partial charge is 0.454 e. The topological polar surface area (TPSA) is 85.1 Å². The Morgan fingerprint density at radius 1 is 1.40 bits per heavy atom. The lowest BCUT2D eigenvalue weighted by Crippen LogP contribution is -2.26. The summed E-state index contributed by atoms with van der Waals surface area (Å²) in [5, 5.41) is 10.6. The van der Waals surface area contributed by atoms with Crippen molar-refractivity contribution in [1.29, 1.82) is 0 Å². The molecule has 2 heterocycles. The molecule has 0 saturated heterocycles. The molecule has 134 valence electrons. The average molecular weight is 410 g/mol. The summed E-state index contributed by atoms with van der Waals surface area (Å²) in [5.74, 6) is 0.00736. The number of fused-ring (bicyclic) bond motifs is 1. The molecule has 0 saturated carbocycles. The third-order valence-corrected chi connectivity index (χ3v) is 4.82. The summed E-state index contributed by atoms with van der Waals surface area (Å²) in [6.07, 6.45) is -0.481. The van der Waals surface area contributed by atoms with Crippen molar-refractivity contribution < 1.29 is 18.8 Å². The lowest BCUT2D eigenvalue weighted by molar-refractivity contribution is -0.138. The van der Waals surface area contributed by atoms with Gasteiger partial charge in [0.1, 0.15) is 11.3 Å². The molecular weight excluding hydrogens is 390 g/mol. The lowest BCUT2D eigenvalue weighted by Gasteiger charge is -2.13. The molecule has 25 heavy (non-hydrogen) atoms. The first-order valence-electron chi connectivity index (χ1n) is 8.03. The molecular formula is C17H20BrN3O4. The van der Waals surface area contributed by atoms with Crippen molar-refractivity contribution in [2.24, 2.45) is 11.1 Å². The maximum absolute atomic E-state index is 12.5. The molecule has 1 aromatic carbocycles. The van der Waals surface area contributed by atoms with Gasteiger partial charge in [0.05, 0.1) is 17.2 Å². The van der Waals surface area contributed by atoms with Gasteiger partial charge in [-0.05, 0) is 28.9 Å². The van der Waals surface area contributed by atoms with Gasteiger partial charge in [-0.15, -0.1) is 0 Å². The zero-order valence-electron chi connectivity index (χ0n) is 14.5. The number of carbonyl (C=O) groups excluding carboxylic acids is 1. The number of hydrogen-bond donors (Lipinski definition) is 2. The van der Waals surface area contributed by atoms with Crippen LogP contribution in [-0.2, 0) is 9.57 Å². The second-order valence-corrected chi connectivity index (χ2v) is 6.51. The molecule has 1 amide bonds. The van der Waals surface area contributed by atoms with Crippen molar-refractivity contribution in [2.75, 3.05) is 26.0 Å². The van der Waals surface area contributed by atoms with E-state index in [1.54, 1.807) is 7.05 Å². The summed E-state index contributed by atoms with van der Waals surface area (Å²) in [7, 11) is 3.40. The SMILES string of the molecule is CCOC1ON=C(c2oc3cc(NC)c(Br)cc3c2C(=O)NC)C1C. The van der Waals surface area contributed by atoms with Crippen LogP contribution in [0.2, 0.25) is 0 Å². The third kappa shape index (κ3) is 3.00. The van der Waals surface area contributed by atoms with Crippen LogP contribution in [-0.4, -0.2) is 38.6 Å². The normalized spacial score (nSPS) is 19.6. The van der Waals surface area contributed by atoms with Gasteiger partial charge >= 0.3 is 0 Å². The fourth-order valence-corrected chi connectivity index (χ4v) is 3.38. The Morgan fingerprint density at radius 2 is 2.16 bits per heavy atom. The average Bonchev–Trinajstić information content (AvgIpc) is 3.14. The lowest BCUT2D eigenvalue weighted by atomic mass is 9.99. The van der Waals surface area contributed by atoms with Crippen LogP contribution in [0, 0.1) is 5.92 Å². The van der Waals surface area contributed by atoms with E-state index in [1.165, 1.54) is 0 Å². The van der Waals surface area contributed by atoms with Crippen LogP contribution in [0.1, 0.15) is 30.0 Å². The zero-order valence-corrected chi connectivity index (χ0v) is 16.1. The van der Waals surface area contributed by atoms with Crippen molar-refractivity contribution in [3.63, 3.8) is 0 Å². The Balaban J connectivity index is 2.16. The highest BCUT2D eigenvalue weighted by molar-refractivity contribution is 9.10. The van der Waals surface area contributed by atoms with Crippen LogP contribution in [0.5, 0.6) is 0 Å². The van der Waals surface area contributed by atoms with Gasteiger partial charge in [-0.25, -0.2) is 0 Å². The van der Waals surface area contributed by atoms with Gasteiger partial charge in [-0.2, -0.15) is 0 Å². The van der Waals surface area contributed by atoms with Gasteiger partial charge in [-0.3, -0.25) is 4.79 Å². The predicted molar refractivity (Wildman–Crippen MR) is 99.1 cm³/mol. The highest BCUT2D eigenvalue weighted by Crippen LogP contribution is 2.36. The number of ether oxygens (including phenoxy) is 1. The fourth-order valence-electron chi connectivity index (χ4n) is 2.84. The van der Waals surface area contributed by atoms with Gasteiger partial charge < -0.3 is 24.6 Å². The first-order valence-corrected chi connectivity index (χ1v) is 8.82. The number of rotatable bonds is 5. The molecule has 7 nitrogen and oxygen atoms in total. The molecule has 0 radical (unpaired) electrons. The van der Waals surface area contributed by atoms with E-state index in [1.807, 2.05) is 33.0 Å². The van der Waals surface area contributed by atoms with E-state index in [0.29, 0.717) is 34.6 Å². The Morgan fingerprint density at radius 3 is 2.80 bits per heavy atom. The minimum absolute atomic E-state index is 0.156. The van der Waals surface area contributed by atoms with Crippen LogP contribution in [0.4, 0.5) is 5.69 Å². The first kappa shape index (κ1) is 17.8. The molecule has 1 aromatic heterocycles. The van der Waals surface area contributed by atoms with E-state index in [2.05, 4.69) is 31.7 Å². The standard InChI is InChI=1S/C17H20BrN3O4/c1-5-23-17-8(2)14(21-25-17)15-13(16(22)20-4)9-6-10(18)11(19-3)7-12(9)24-15/h6-8,17,19H,5H2,1-4H3,(H,20,22). The number of nitrogens with zero attached hydrogens (tertiary/aromatic N) is 1. The van der Waals surface area contributed by atoms with Gasteiger partial charge in [0.15, 0.2) is 5.76 Å². The summed E-state index contributed by atoms with van der Waals surface area (Å²) in [4.78, 5) is 17.9. The second kappa shape index (κ2) is 7.05. The number of amides is 1. The van der Waals surface area contributed by atoms with Crippen LogP contribution in [0.15, 0.2) is 26.2 Å². The summed E-state index contributed by atoms with van der Waals surface area (Å²) >= 11 is 3.51. The third-order valence-electron chi connectivity index (χ3n) is 4.16. The van der Waals surface area contributed by atoms with Gasteiger partial charge in [-0.1, -0.05) is 12.1 Å². The monoisotopic (exact) mass is 409 g/mol. The molecule has 2 atom stereocenters. The quantitative estimate of drug-likeness (QED) is 0.790. The highest BCUT2D eigenvalue weighted by Gasteiger charge is 2.37. The minimum Gasteiger partial charge on any atom is -0.454 e. The van der Waals surface area contributed by atoms with Crippen molar-refractivity contribution in [3.05, 3.63) is 27.9 Å². The molecule has 0 bridgehead atoms. The summed E-state index contributed by atoms with van der Waals surface area (Å²) < 4.78 is 12.4. The van der Waals surface area contributed by atoms with Gasteiger partial charge in [0, 0.05) is 36.6 Å². The highest BCUT2D eigenvalue weighted by atomic mass is 79.9. The zero-order chi connectivity index (χ0) is 18.1. The van der Waals surface area contributed by atoms with Crippen molar-refractivity contribution >= 4 is 44.2 Å². The van der Waals surface area contributed by atoms with E-state index in [0.717, 1.165) is 10.2 Å². The van der Waals surface area contributed by atoms with Crippen molar-refractivity contribution in [1.82, 2.24) is 5.32 Å². The van der Waals surface area contributed by atoms with Crippen LogP contribution in [0.3, 0.4) is 0 Å². The van der Waals surface area contributed by atoms with Crippen LogP contribution < -0.4 is 10.6 Å². The Labute approximate surface area is 153 Å². The maximum atomic E-state index is 12.5. The molecule has 2 N–H and O–H groups in total. The van der Waals surface area contributed by atoms with Crippen LogP contribution >= 0.6 is 15.9 Å². The molecule has 0 aliphatic carbocycles. The molecule has 8 heteroatoms. The summed E-state index contributed by atoms with van der Waals surface area (Å²) in [5.41, 5.74) is 2.46. The van der Waals surface area contributed by atoms with Crippen LogP contribution in [0.25, 0.3) is 11.0 Å². The number of oxime groups is 1. The molecule has 2 unspecified atom stereocenters. The van der Waals surface area contributed by atoms with E-state index >= 15 is 0 Å². The van der Waals surface area contributed by atoms with Gasteiger partial charge in [0.2, 0.25) is 6.29 Å². The second-order valence-electron chi connectivity index (χ2n) is 5.66. The predicted octanol–water partition coefficient (Wildman–Crippen LogP) is 3.33. The van der Waals surface area contributed by atoms with E-state index < -0.39 is 6.29 Å². The van der Waals surface area contributed by atoms with E-state index in [-0.39, 0.29) is 11.8 Å². The molecule has 1 aliphatic heterocycles. The molecule has 3 rings (SSSR count). The van der Waals surface area contributed by atoms with Crippen molar-refractivity contribution in [2.45, 2.75) is 20.1 Å². The molecule has 1 aliphatic rings. The smallest absolute Gasteiger partial charge is 0.255 e. The molecule has 0 spiro atoms. The number of carbonyl (C=O) groups is 1. The van der Waals surface area contributed by atoms with Crippen molar-refractivity contribution in [3.8, 4) is 0 Å². The number of halogens is 1. The maximum Gasteiger partial charge on any atom is 0.255 e. The number of furan rings is 1. The number of hydrogen-bond acceptors (Lipinski definition) is 6. The number of nitrogens with one attached hydrogen (secondary N) is 2. The number of benzene rings is 1. The number of anilines is 1. The Kier molecular flexibility index (Phi) is 5.01. The van der Waals surface area contributed by atoms with E-state index in [4.69, 9.17) is 14.0 Å². The Hall–Kier alpha value is -2.06. The molecule has 2 aromatic rings. The first-order chi connectivity index (χ1) is 12.0.